The molecule has 2 aromatic rings. The van der Waals surface area contributed by atoms with Crippen LogP contribution in [0.3, 0.4) is 0 Å². The molecule has 1 aliphatic rings. The minimum atomic E-state index is -4.78. The zero-order valence-corrected chi connectivity index (χ0v) is 14.5. The number of aliphatic hydroxyl groups is 3. The average molecular weight is 403 g/mol. The summed E-state index contributed by atoms with van der Waals surface area (Å²) in [7, 11) is 0. The van der Waals surface area contributed by atoms with Crippen LogP contribution in [-0.2, 0) is 0 Å². The minimum absolute atomic E-state index is 0.183. The van der Waals surface area contributed by atoms with Gasteiger partial charge in [-0.25, -0.2) is 0 Å². The van der Waals surface area contributed by atoms with E-state index in [0.717, 1.165) is 23.9 Å². The van der Waals surface area contributed by atoms with Gasteiger partial charge in [-0.05, 0) is 36.4 Å². The third kappa shape index (κ3) is 4.83. The summed E-state index contributed by atoms with van der Waals surface area (Å²) in [4.78, 5) is 4.19. The lowest BCUT2D eigenvalue weighted by Crippen LogP contribution is -2.50. The molecule has 1 aromatic carbocycles. The van der Waals surface area contributed by atoms with Crippen LogP contribution in [0.2, 0.25) is 0 Å². The highest BCUT2D eigenvalue weighted by atomic mass is 32.2. The zero-order valence-electron chi connectivity index (χ0n) is 13.7. The molecule has 0 bridgehead atoms. The second-order valence-electron chi connectivity index (χ2n) is 5.79. The summed E-state index contributed by atoms with van der Waals surface area (Å²) in [5.74, 6) is 0.101. The molecule has 3 rings (SSSR count). The van der Waals surface area contributed by atoms with Crippen molar-refractivity contribution in [1.29, 1.82) is 0 Å². The second-order valence-corrected chi connectivity index (χ2v) is 6.92. The smallest absolute Gasteiger partial charge is 0.475 e. The maximum atomic E-state index is 12.3. The lowest BCUT2D eigenvalue weighted by atomic mass is 10.1. The predicted octanol–water partition coefficient (Wildman–Crippen LogP) is 2.18. The van der Waals surface area contributed by atoms with E-state index in [9.17, 15) is 28.5 Å². The first kappa shape index (κ1) is 19.7. The number of halogens is 3. The van der Waals surface area contributed by atoms with Crippen molar-refractivity contribution < 1.29 is 38.0 Å². The molecule has 3 N–H and O–H groups in total. The highest BCUT2D eigenvalue weighted by Crippen LogP contribution is 2.34. The molecule has 0 unspecified atom stereocenters. The lowest BCUT2D eigenvalue weighted by molar-refractivity contribution is -0.274. The van der Waals surface area contributed by atoms with E-state index in [-0.39, 0.29) is 17.3 Å². The van der Waals surface area contributed by atoms with Crippen molar-refractivity contribution in [3.05, 3.63) is 42.6 Å². The maximum Gasteiger partial charge on any atom is 0.573 e. The molecule has 0 saturated carbocycles. The number of aromatic nitrogens is 1. The van der Waals surface area contributed by atoms with Gasteiger partial charge in [-0.2, -0.15) is 0 Å². The Morgan fingerprint density at radius 1 is 1.04 bits per heavy atom. The topological polar surface area (TPSA) is 92.0 Å². The largest absolute Gasteiger partial charge is 0.573 e. The molecule has 4 atom stereocenters. The number of hydrogen-bond donors (Lipinski definition) is 3. The van der Waals surface area contributed by atoms with E-state index in [1.165, 1.54) is 18.3 Å². The Hall–Kier alpha value is -2.01. The summed E-state index contributed by atoms with van der Waals surface area (Å²) in [6.45, 7) is 0. The van der Waals surface area contributed by atoms with Crippen LogP contribution in [0.4, 0.5) is 13.2 Å². The lowest BCUT2D eigenvalue weighted by Gasteiger charge is -2.34. The van der Waals surface area contributed by atoms with E-state index in [0.29, 0.717) is 11.3 Å². The van der Waals surface area contributed by atoms with Crippen molar-refractivity contribution in [2.24, 2.45) is 0 Å². The number of rotatable bonds is 4. The summed E-state index contributed by atoms with van der Waals surface area (Å²) in [6, 6.07) is 8.31. The van der Waals surface area contributed by atoms with Gasteiger partial charge in [-0.3, -0.25) is 4.98 Å². The molecule has 0 amide bonds. The Morgan fingerprint density at radius 2 is 1.74 bits per heavy atom. The first-order valence-corrected chi connectivity index (χ1v) is 8.93. The number of benzene rings is 1. The first-order chi connectivity index (χ1) is 12.7. The fourth-order valence-electron chi connectivity index (χ4n) is 2.53. The Labute approximate surface area is 156 Å². The van der Waals surface area contributed by atoms with E-state index in [4.69, 9.17) is 4.74 Å². The molecule has 6 nitrogen and oxygen atoms in total. The SMILES string of the molecule is O[C@@H]1[C@@H](O)[C@@H](Oc2cccnc2-c2ccc(OC(F)(F)F)cc2)SC[C@H]1O. The highest BCUT2D eigenvalue weighted by molar-refractivity contribution is 7.99. The minimum Gasteiger partial charge on any atom is -0.475 e. The monoisotopic (exact) mass is 403 g/mol. The van der Waals surface area contributed by atoms with Gasteiger partial charge in [0.2, 0.25) is 0 Å². The molecule has 2 heterocycles. The Morgan fingerprint density at radius 3 is 2.41 bits per heavy atom. The Balaban J connectivity index is 1.80. The molecular formula is C17H16F3NO5S. The van der Waals surface area contributed by atoms with Gasteiger partial charge in [0.05, 0.1) is 6.10 Å². The van der Waals surface area contributed by atoms with Gasteiger partial charge < -0.3 is 24.8 Å². The van der Waals surface area contributed by atoms with Gasteiger partial charge in [0, 0.05) is 17.5 Å². The Bertz CT molecular complexity index is 774. The third-order valence-electron chi connectivity index (χ3n) is 3.83. The molecule has 1 saturated heterocycles. The average Bonchev–Trinajstić information content (AvgIpc) is 2.62. The second kappa shape index (κ2) is 7.93. The molecule has 27 heavy (non-hydrogen) atoms. The Kier molecular flexibility index (Phi) is 5.80. The number of hydrogen-bond acceptors (Lipinski definition) is 7. The summed E-state index contributed by atoms with van der Waals surface area (Å²) in [5.41, 5.74) is -0.000312. The maximum absolute atomic E-state index is 12.3. The summed E-state index contributed by atoms with van der Waals surface area (Å²) >= 11 is 1.14. The van der Waals surface area contributed by atoms with E-state index >= 15 is 0 Å². The van der Waals surface area contributed by atoms with Crippen molar-refractivity contribution in [2.75, 3.05) is 5.75 Å². The molecule has 10 heteroatoms. The normalized spacial score (nSPS) is 25.9. The van der Waals surface area contributed by atoms with E-state index in [1.54, 1.807) is 12.1 Å². The van der Waals surface area contributed by atoms with Crippen LogP contribution in [0.25, 0.3) is 11.3 Å². The van der Waals surface area contributed by atoms with E-state index < -0.39 is 30.1 Å². The number of alkyl halides is 3. The standard InChI is InChI=1S/C17H16F3NO5S/c18-17(19,20)26-10-5-3-9(4-6-10)13-12(2-1-7-21-13)25-16-15(24)14(23)11(22)8-27-16/h1-7,11,14-16,22-24H,8H2/t11-,14+,15-,16+/m1/s1. The summed E-state index contributed by atoms with van der Waals surface area (Å²) in [6.07, 6.45) is -6.99. The van der Waals surface area contributed by atoms with Crippen LogP contribution in [0.5, 0.6) is 11.5 Å². The van der Waals surface area contributed by atoms with Crippen LogP contribution < -0.4 is 9.47 Å². The molecule has 0 spiro atoms. The molecule has 0 aliphatic carbocycles. The van der Waals surface area contributed by atoms with Gasteiger partial charge in [0.25, 0.3) is 0 Å². The summed E-state index contributed by atoms with van der Waals surface area (Å²) < 4.78 is 46.4. The van der Waals surface area contributed by atoms with Gasteiger partial charge in [-0.15, -0.1) is 24.9 Å². The molecule has 1 aliphatic heterocycles. The molecule has 146 valence electrons. The molecular weight excluding hydrogens is 387 g/mol. The molecule has 1 aromatic heterocycles. The summed E-state index contributed by atoms with van der Waals surface area (Å²) in [5, 5.41) is 29.4. The van der Waals surface area contributed by atoms with Crippen molar-refractivity contribution in [2.45, 2.75) is 30.1 Å². The predicted molar refractivity (Wildman–Crippen MR) is 91.3 cm³/mol. The molecule has 1 fully saturated rings. The fraction of sp³-hybridized carbons (Fsp3) is 0.353. The van der Waals surface area contributed by atoms with Gasteiger partial charge in [-0.1, -0.05) is 0 Å². The number of thioether (sulfide) groups is 1. The first-order valence-electron chi connectivity index (χ1n) is 7.88. The van der Waals surface area contributed by atoms with E-state index in [1.807, 2.05) is 0 Å². The van der Waals surface area contributed by atoms with Gasteiger partial charge in [0.1, 0.15) is 29.4 Å². The number of aliphatic hydroxyl groups excluding tert-OH is 3. The van der Waals surface area contributed by atoms with Crippen LogP contribution in [0, 0.1) is 0 Å². The highest BCUT2D eigenvalue weighted by Gasteiger charge is 2.39. The fourth-order valence-corrected chi connectivity index (χ4v) is 3.64. The van der Waals surface area contributed by atoms with Crippen molar-refractivity contribution >= 4 is 11.8 Å². The zero-order chi connectivity index (χ0) is 19.6. The van der Waals surface area contributed by atoms with E-state index in [2.05, 4.69) is 9.72 Å². The van der Waals surface area contributed by atoms with Crippen LogP contribution >= 0.6 is 11.8 Å². The number of pyridine rings is 1. The quantitative estimate of drug-likeness (QED) is 0.721. The van der Waals surface area contributed by atoms with Gasteiger partial charge >= 0.3 is 6.36 Å². The van der Waals surface area contributed by atoms with Crippen LogP contribution in [-0.4, -0.2) is 56.2 Å². The van der Waals surface area contributed by atoms with Gasteiger partial charge in [0.15, 0.2) is 5.44 Å². The number of ether oxygens (including phenoxy) is 2. The van der Waals surface area contributed by atoms with Crippen LogP contribution in [0.1, 0.15) is 0 Å². The van der Waals surface area contributed by atoms with Crippen molar-refractivity contribution in [3.63, 3.8) is 0 Å². The third-order valence-corrected chi connectivity index (χ3v) is 5.07. The molecule has 0 radical (unpaired) electrons. The van der Waals surface area contributed by atoms with Crippen molar-refractivity contribution in [3.8, 4) is 22.8 Å². The van der Waals surface area contributed by atoms with Crippen LogP contribution in [0.15, 0.2) is 42.6 Å². The number of nitrogens with zero attached hydrogens (tertiary/aromatic N) is 1. The van der Waals surface area contributed by atoms with Crippen molar-refractivity contribution in [1.82, 2.24) is 4.98 Å².